The number of nitrogens with one attached hydrogen (secondary N) is 2. The normalized spacial score (nSPS) is 24.1. The Hall–Kier alpha value is -0.130. The third kappa shape index (κ3) is 2.34. The molecule has 0 aromatic carbocycles. The second-order valence-corrected chi connectivity index (χ2v) is 7.29. The molecule has 0 aromatic rings. The van der Waals surface area contributed by atoms with Crippen molar-refractivity contribution in [2.75, 3.05) is 19.3 Å². The second kappa shape index (κ2) is 3.71. The quantitative estimate of drug-likeness (QED) is 0.731. The molecule has 0 aromatic heterocycles. The molecule has 1 fully saturated rings. The van der Waals surface area contributed by atoms with Crippen LogP contribution in [0.4, 0.5) is 0 Å². The zero-order valence-electron chi connectivity index (χ0n) is 10.2. The van der Waals surface area contributed by atoms with E-state index in [9.17, 15) is 8.42 Å². The number of hydrogen-bond acceptors (Lipinski definition) is 3. The van der Waals surface area contributed by atoms with Gasteiger partial charge in [-0.05, 0) is 17.9 Å². The summed E-state index contributed by atoms with van der Waals surface area (Å²) in [5, 5.41) is 2.84. The predicted molar refractivity (Wildman–Crippen MR) is 62.2 cm³/mol. The molecule has 0 unspecified atom stereocenters. The Balaban J connectivity index is 2.58. The Bertz CT molecular complexity index is 319. The molecule has 0 saturated heterocycles. The van der Waals surface area contributed by atoms with Gasteiger partial charge in [0.05, 0.1) is 5.75 Å². The van der Waals surface area contributed by atoms with Crippen LogP contribution in [0.5, 0.6) is 0 Å². The van der Waals surface area contributed by atoms with Crippen LogP contribution in [0.15, 0.2) is 0 Å². The molecule has 0 bridgehead atoms. The van der Waals surface area contributed by atoms with Gasteiger partial charge in [-0.3, -0.25) is 0 Å². The molecule has 2 N–H and O–H groups in total. The van der Waals surface area contributed by atoms with Gasteiger partial charge in [0, 0.05) is 12.6 Å². The van der Waals surface area contributed by atoms with E-state index >= 15 is 0 Å². The molecule has 15 heavy (non-hydrogen) atoms. The number of sulfonamides is 1. The van der Waals surface area contributed by atoms with E-state index in [-0.39, 0.29) is 22.6 Å². The van der Waals surface area contributed by atoms with Gasteiger partial charge in [-0.2, -0.15) is 0 Å². The van der Waals surface area contributed by atoms with Gasteiger partial charge < -0.3 is 5.32 Å². The minimum absolute atomic E-state index is 0.0553. The summed E-state index contributed by atoms with van der Waals surface area (Å²) in [6.07, 6.45) is 0. The molecule has 90 valence electrons. The van der Waals surface area contributed by atoms with Crippen molar-refractivity contribution in [2.45, 2.75) is 33.7 Å². The van der Waals surface area contributed by atoms with E-state index in [0.717, 1.165) is 0 Å². The lowest BCUT2D eigenvalue weighted by Gasteiger charge is -2.07. The summed E-state index contributed by atoms with van der Waals surface area (Å²) < 4.78 is 26.1. The van der Waals surface area contributed by atoms with Gasteiger partial charge >= 0.3 is 0 Å². The van der Waals surface area contributed by atoms with Crippen molar-refractivity contribution < 1.29 is 8.42 Å². The fraction of sp³-hybridized carbons (Fsp3) is 1.00. The first-order valence-corrected chi connectivity index (χ1v) is 6.95. The molecule has 0 atom stereocenters. The van der Waals surface area contributed by atoms with Gasteiger partial charge in [-0.25, -0.2) is 13.1 Å². The van der Waals surface area contributed by atoms with E-state index < -0.39 is 10.0 Å². The predicted octanol–water partition coefficient (Wildman–Crippen LogP) is 0.560. The standard InChI is InChI=1S/C10H22N2O2S/c1-9(2)8(10(9,3)4)12-15(13,14)7-6-11-5/h8,11-12H,6-7H2,1-5H3. The molecule has 1 aliphatic carbocycles. The molecule has 0 aliphatic heterocycles. The molecule has 5 heteroatoms. The van der Waals surface area contributed by atoms with Crippen LogP contribution in [0.1, 0.15) is 27.7 Å². The average molecular weight is 234 g/mol. The van der Waals surface area contributed by atoms with Gasteiger partial charge in [-0.1, -0.05) is 27.7 Å². The van der Waals surface area contributed by atoms with Gasteiger partial charge in [-0.15, -0.1) is 0 Å². The molecule has 1 rings (SSSR count). The van der Waals surface area contributed by atoms with E-state index in [1.54, 1.807) is 7.05 Å². The molecule has 4 nitrogen and oxygen atoms in total. The van der Waals surface area contributed by atoms with Crippen molar-refractivity contribution in [2.24, 2.45) is 10.8 Å². The van der Waals surface area contributed by atoms with Crippen LogP contribution in [0, 0.1) is 10.8 Å². The third-order valence-electron chi connectivity index (χ3n) is 3.94. The first kappa shape index (κ1) is 12.9. The zero-order chi connectivity index (χ0) is 11.9. The summed E-state index contributed by atoms with van der Waals surface area (Å²) in [4.78, 5) is 0. The Morgan fingerprint density at radius 3 is 1.93 bits per heavy atom. The Morgan fingerprint density at radius 1 is 1.13 bits per heavy atom. The average Bonchev–Trinajstić information content (AvgIpc) is 2.45. The smallest absolute Gasteiger partial charge is 0.213 e. The van der Waals surface area contributed by atoms with Crippen molar-refractivity contribution in [3.63, 3.8) is 0 Å². The highest BCUT2D eigenvalue weighted by Gasteiger charge is 2.65. The summed E-state index contributed by atoms with van der Waals surface area (Å²) >= 11 is 0. The number of hydrogen-bond donors (Lipinski definition) is 2. The largest absolute Gasteiger partial charge is 0.319 e. The maximum atomic E-state index is 11.7. The van der Waals surface area contributed by atoms with Crippen LogP contribution >= 0.6 is 0 Å². The first-order valence-electron chi connectivity index (χ1n) is 5.30. The van der Waals surface area contributed by atoms with Crippen LogP contribution in [0.2, 0.25) is 0 Å². The molecule has 1 saturated carbocycles. The highest BCUT2D eigenvalue weighted by Crippen LogP contribution is 2.62. The monoisotopic (exact) mass is 234 g/mol. The highest BCUT2D eigenvalue weighted by atomic mass is 32.2. The molecular formula is C10H22N2O2S. The fourth-order valence-electron chi connectivity index (χ4n) is 1.97. The highest BCUT2D eigenvalue weighted by molar-refractivity contribution is 7.89. The van der Waals surface area contributed by atoms with Crippen molar-refractivity contribution in [3.8, 4) is 0 Å². The van der Waals surface area contributed by atoms with E-state index in [2.05, 4.69) is 37.7 Å². The van der Waals surface area contributed by atoms with E-state index in [4.69, 9.17) is 0 Å². The molecule has 0 spiro atoms. The molecule has 0 radical (unpaired) electrons. The van der Waals surface area contributed by atoms with Gasteiger partial charge in [0.1, 0.15) is 0 Å². The second-order valence-electron chi connectivity index (χ2n) is 5.42. The fourth-order valence-corrected chi connectivity index (χ4v) is 3.50. The summed E-state index contributed by atoms with van der Waals surface area (Å²) in [7, 11) is -1.38. The molecule has 1 aliphatic rings. The zero-order valence-corrected chi connectivity index (χ0v) is 11.0. The lowest BCUT2D eigenvalue weighted by molar-refractivity contribution is 0.457. The van der Waals surface area contributed by atoms with E-state index in [1.807, 2.05) is 0 Å². The SMILES string of the molecule is CNCCS(=O)(=O)NC1C(C)(C)C1(C)C. The van der Waals surface area contributed by atoms with Crippen molar-refractivity contribution in [3.05, 3.63) is 0 Å². The summed E-state index contributed by atoms with van der Waals surface area (Å²) in [5.74, 6) is 0.145. The Morgan fingerprint density at radius 2 is 1.60 bits per heavy atom. The number of rotatable bonds is 5. The minimum Gasteiger partial charge on any atom is -0.319 e. The topological polar surface area (TPSA) is 58.2 Å². The van der Waals surface area contributed by atoms with Crippen molar-refractivity contribution in [1.29, 1.82) is 0 Å². The van der Waals surface area contributed by atoms with Gasteiger partial charge in [0.15, 0.2) is 0 Å². The van der Waals surface area contributed by atoms with Crippen LogP contribution in [0.25, 0.3) is 0 Å². The van der Waals surface area contributed by atoms with Crippen LogP contribution in [-0.2, 0) is 10.0 Å². The summed E-state index contributed by atoms with van der Waals surface area (Å²) in [6.45, 7) is 8.87. The van der Waals surface area contributed by atoms with Crippen LogP contribution < -0.4 is 10.0 Å². The van der Waals surface area contributed by atoms with E-state index in [0.29, 0.717) is 6.54 Å². The lowest BCUT2D eigenvalue weighted by Crippen LogP contribution is -2.34. The van der Waals surface area contributed by atoms with Crippen molar-refractivity contribution in [1.82, 2.24) is 10.0 Å². The van der Waals surface area contributed by atoms with Gasteiger partial charge in [0.2, 0.25) is 10.0 Å². The summed E-state index contributed by atoms with van der Waals surface area (Å²) in [6, 6.07) is 0.0619. The molecule has 0 amide bonds. The lowest BCUT2D eigenvalue weighted by atomic mass is 10.0. The van der Waals surface area contributed by atoms with Crippen LogP contribution in [-0.4, -0.2) is 33.8 Å². The van der Waals surface area contributed by atoms with Crippen LogP contribution in [0.3, 0.4) is 0 Å². The maximum absolute atomic E-state index is 11.7. The molecule has 0 heterocycles. The first-order chi connectivity index (χ1) is 6.65. The minimum atomic E-state index is -3.14. The summed E-state index contributed by atoms with van der Waals surface area (Å²) in [5.41, 5.74) is 0.111. The van der Waals surface area contributed by atoms with E-state index in [1.165, 1.54) is 0 Å². The van der Waals surface area contributed by atoms with Gasteiger partial charge in [0.25, 0.3) is 0 Å². The maximum Gasteiger partial charge on any atom is 0.213 e. The molecular weight excluding hydrogens is 212 g/mol. The third-order valence-corrected chi connectivity index (χ3v) is 5.28. The Labute approximate surface area is 92.9 Å². The van der Waals surface area contributed by atoms with Crippen molar-refractivity contribution >= 4 is 10.0 Å². The Kier molecular flexibility index (Phi) is 3.20.